The summed E-state index contributed by atoms with van der Waals surface area (Å²) in [5, 5.41) is 1.13. The molecule has 0 fully saturated rings. The molecule has 1 aliphatic carbocycles. The number of rotatable bonds is 17. The van der Waals surface area contributed by atoms with E-state index in [0.717, 1.165) is 35.7 Å². The van der Waals surface area contributed by atoms with Gasteiger partial charge >= 0.3 is 0 Å². The van der Waals surface area contributed by atoms with E-state index in [1.165, 1.54) is 77.0 Å². The molecule has 0 aromatic rings. The number of terminal acetylenes is 1. The van der Waals surface area contributed by atoms with Crippen LogP contribution in [-0.4, -0.2) is 39.5 Å². The average Bonchev–Trinajstić information content (AvgIpc) is 2.72. The second kappa shape index (κ2) is 18.2. The van der Waals surface area contributed by atoms with Gasteiger partial charge in [-0.3, -0.25) is 0 Å². The molecule has 2 unspecified atom stereocenters. The number of quaternary nitrogens is 1. The Morgan fingerprint density at radius 2 is 1.41 bits per heavy atom. The van der Waals surface area contributed by atoms with E-state index in [4.69, 9.17) is 41.2 Å². The van der Waals surface area contributed by atoms with Crippen LogP contribution in [0.4, 0.5) is 0 Å². The van der Waals surface area contributed by atoms with E-state index in [9.17, 15) is 0 Å². The van der Waals surface area contributed by atoms with Gasteiger partial charge in [0.25, 0.3) is 0 Å². The second-order valence-corrected chi connectivity index (χ2v) is 12.4. The highest BCUT2D eigenvalue weighted by Gasteiger charge is 2.47. The molecule has 32 heavy (non-hydrogen) atoms. The Kier molecular flexibility index (Phi) is 18.7. The molecule has 0 saturated carbocycles. The average molecular weight is 637 g/mol. The molecule has 1 rings (SSSR count). The van der Waals surface area contributed by atoms with E-state index in [1.54, 1.807) is 0 Å². The predicted octanol–water partition coefficient (Wildman–Crippen LogP) is 6.20. The van der Waals surface area contributed by atoms with E-state index in [1.807, 2.05) is 12.2 Å². The van der Waals surface area contributed by atoms with Gasteiger partial charge in [0.1, 0.15) is 16.5 Å². The highest BCUT2D eigenvalue weighted by atomic mass is 127. The van der Waals surface area contributed by atoms with Crippen molar-refractivity contribution >= 4 is 57.4 Å². The molecule has 2 atom stereocenters. The van der Waals surface area contributed by atoms with Crippen LogP contribution < -0.4 is 12.4 Å². The van der Waals surface area contributed by atoms with Gasteiger partial charge in [0.15, 0.2) is 0 Å². The van der Waals surface area contributed by atoms with Gasteiger partial charge in [-0.15, -0.1) is 18.0 Å². The van der Waals surface area contributed by atoms with Gasteiger partial charge in [0, 0.05) is 10.1 Å². The third kappa shape index (κ3) is 11.5. The van der Waals surface area contributed by atoms with Gasteiger partial charge in [-0.25, -0.2) is 0 Å². The Hall–Kier alpha value is 0.890. The highest BCUT2D eigenvalue weighted by molar-refractivity contribution is 14.1. The molecule has 0 bridgehead atoms. The van der Waals surface area contributed by atoms with Crippen LogP contribution in [0.1, 0.15) is 90.9 Å². The molecule has 0 aromatic carbocycles. The number of hydrogen-bond donors (Lipinski definition) is 0. The molecule has 0 heterocycles. The summed E-state index contributed by atoms with van der Waals surface area (Å²) in [5.74, 6) is 3.00. The van der Waals surface area contributed by atoms with Crippen LogP contribution in [0.5, 0.6) is 0 Å². The van der Waals surface area contributed by atoms with Gasteiger partial charge in [-0.1, -0.05) is 111 Å². The lowest BCUT2D eigenvalue weighted by Crippen LogP contribution is -3.00. The molecule has 0 N–H and O–H groups in total. The van der Waals surface area contributed by atoms with E-state index < -0.39 is 0 Å². The minimum Gasteiger partial charge on any atom is -1.00 e. The fourth-order valence-electron chi connectivity index (χ4n) is 4.48. The number of allylic oxidation sites excluding steroid dienone is 3. The van der Waals surface area contributed by atoms with E-state index in [2.05, 4.69) is 42.4 Å². The van der Waals surface area contributed by atoms with Crippen LogP contribution in [0.25, 0.3) is 0 Å². The highest BCUT2D eigenvalue weighted by Crippen LogP contribution is 2.44. The number of halogens is 5. The van der Waals surface area contributed by atoms with Crippen LogP contribution in [0, 0.1) is 12.3 Å². The smallest absolute Gasteiger partial charge is 0.140 e. The van der Waals surface area contributed by atoms with E-state index in [0.29, 0.717) is 5.03 Å². The largest absolute Gasteiger partial charge is 1.00 e. The molecule has 0 aliphatic heterocycles. The summed E-state index contributed by atoms with van der Waals surface area (Å²) >= 11 is 22.2. The molecule has 0 radical (unpaired) electrons. The third-order valence-corrected chi connectivity index (χ3v) is 9.83. The minimum absolute atomic E-state index is 0. The Bertz CT molecular complexity index is 597. The lowest BCUT2D eigenvalue weighted by atomic mass is 9.96. The monoisotopic (exact) mass is 635 g/mol. The maximum absolute atomic E-state index is 6.80. The van der Waals surface area contributed by atoms with Gasteiger partial charge in [-0.05, 0) is 43.8 Å². The Labute approximate surface area is 233 Å². The second-order valence-electron chi connectivity index (χ2n) is 9.15. The number of nitrogens with zero attached hydrogens (tertiary/aromatic N) is 1. The zero-order valence-corrected chi connectivity index (χ0v) is 25.1. The first-order valence-corrected chi connectivity index (χ1v) is 14.5. The van der Waals surface area contributed by atoms with E-state index in [-0.39, 0.29) is 21.2 Å². The summed E-state index contributed by atoms with van der Waals surface area (Å²) in [6.07, 6.45) is 25.2. The summed E-state index contributed by atoms with van der Waals surface area (Å²) in [5.41, 5.74) is 0. The molecule has 0 amide bonds. The zero-order valence-electron chi connectivity index (χ0n) is 20.0. The maximum Gasteiger partial charge on any atom is 0.140 e. The topological polar surface area (TPSA) is 0 Å². The fraction of sp³-hybridized carbons (Fsp3) is 0.769. The van der Waals surface area contributed by atoms with Gasteiger partial charge < -0.3 is 16.9 Å². The third-order valence-electron chi connectivity index (χ3n) is 6.37. The van der Waals surface area contributed by atoms with Crippen LogP contribution >= 0.6 is 57.4 Å². The van der Waals surface area contributed by atoms with Crippen molar-refractivity contribution in [3.63, 3.8) is 0 Å². The van der Waals surface area contributed by atoms with Crippen molar-refractivity contribution in [2.24, 2.45) is 0 Å². The van der Waals surface area contributed by atoms with Gasteiger partial charge in [0.2, 0.25) is 0 Å². The van der Waals surface area contributed by atoms with Crippen molar-refractivity contribution in [1.29, 1.82) is 0 Å². The fourth-order valence-corrected chi connectivity index (χ4v) is 6.56. The quantitative estimate of drug-likeness (QED) is 0.0586. The molecule has 0 spiro atoms. The van der Waals surface area contributed by atoms with Crippen LogP contribution in [0.15, 0.2) is 22.2 Å². The molecule has 0 saturated heterocycles. The lowest BCUT2D eigenvalue weighted by Gasteiger charge is -2.45. The Balaban J connectivity index is 0.00000961. The normalized spacial score (nSPS) is 20.8. The lowest BCUT2D eigenvalue weighted by molar-refractivity contribution is -0.922. The summed E-state index contributed by atoms with van der Waals surface area (Å²) in [6.45, 7) is 8.31. The SMILES string of the molecule is C#CC[N+](CCCCCCCC)(CCCCCCCC)CC1(I)C(Cl)=CC(Cl)=CC1Cl.[Cl-]. The first-order valence-electron chi connectivity index (χ1n) is 12.2. The molecule has 6 heteroatoms. The first kappa shape index (κ1) is 32.9. The van der Waals surface area contributed by atoms with Crippen molar-refractivity contribution in [3.8, 4) is 12.3 Å². The predicted molar refractivity (Wildman–Crippen MR) is 150 cm³/mol. The van der Waals surface area contributed by atoms with E-state index >= 15 is 0 Å². The van der Waals surface area contributed by atoms with Crippen molar-refractivity contribution in [3.05, 3.63) is 22.2 Å². The zero-order chi connectivity index (χ0) is 23.2. The maximum atomic E-state index is 6.80. The summed E-state index contributed by atoms with van der Waals surface area (Å²) in [4.78, 5) is 0. The van der Waals surface area contributed by atoms with Crippen molar-refractivity contribution in [1.82, 2.24) is 0 Å². The number of hydrogen-bond acceptors (Lipinski definition) is 0. The van der Waals surface area contributed by atoms with Gasteiger partial charge in [0.05, 0.1) is 18.5 Å². The van der Waals surface area contributed by atoms with Crippen molar-refractivity contribution in [2.45, 2.75) is 99.7 Å². The molecular formula is C26H42Cl4IN. The Morgan fingerprint density at radius 3 is 1.84 bits per heavy atom. The van der Waals surface area contributed by atoms with Crippen LogP contribution in [0.3, 0.4) is 0 Å². The molecule has 1 aliphatic rings. The molecule has 186 valence electrons. The first-order chi connectivity index (χ1) is 14.8. The van der Waals surface area contributed by atoms with Crippen molar-refractivity contribution < 1.29 is 16.9 Å². The standard InChI is InChI=1S/C26H42Cl3IN.ClH/c1-4-7-9-11-13-15-18-31(17-6-3,19-16-14-12-10-8-5-2)22-26(30)24(28)20-23(27)21-25(26)29;/h3,20-21,24H,4-5,7-19,22H2,1-2H3;1H/q+1;/p-1. The Morgan fingerprint density at radius 1 is 0.938 bits per heavy atom. The summed E-state index contributed by atoms with van der Waals surface area (Å²) in [6, 6.07) is 0. The van der Waals surface area contributed by atoms with Gasteiger partial charge in [-0.2, -0.15) is 0 Å². The van der Waals surface area contributed by atoms with Crippen molar-refractivity contribution in [2.75, 3.05) is 26.2 Å². The summed E-state index contributed by atoms with van der Waals surface area (Å²) < 4.78 is 0.528. The van der Waals surface area contributed by atoms with Crippen LogP contribution in [0.2, 0.25) is 0 Å². The summed E-state index contributed by atoms with van der Waals surface area (Å²) in [7, 11) is 0. The molecule has 0 aromatic heterocycles. The minimum atomic E-state index is -0.374. The number of unbranched alkanes of at least 4 members (excludes halogenated alkanes) is 10. The number of alkyl halides is 2. The van der Waals surface area contributed by atoms with Crippen LogP contribution in [-0.2, 0) is 0 Å². The molecule has 1 nitrogen and oxygen atoms in total. The molecular weight excluding hydrogens is 595 g/mol.